The summed E-state index contributed by atoms with van der Waals surface area (Å²) in [6.07, 6.45) is 0.816. The summed E-state index contributed by atoms with van der Waals surface area (Å²) in [5.41, 5.74) is 11.0. The lowest BCUT2D eigenvalue weighted by atomic mass is 9.98. The molecule has 1 heterocycles. The molecular formula is C17H17N5O2. The zero-order valence-electron chi connectivity index (χ0n) is 13.1. The Labute approximate surface area is 138 Å². The second kappa shape index (κ2) is 6.51. The molecule has 7 heteroatoms. The van der Waals surface area contributed by atoms with Crippen LogP contribution in [0.15, 0.2) is 36.4 Å². The number of rotatable bonds is 5. The summed E-state index contributed by atoms with van der Waals surface area (Å²) < 4.78 is 5.53. The summed E-state index contributed by atoms with van der Waals surface area (Å²) in [7, 11) is 0. The van der Waals surface area contributed by atoms with Gasteiger partial charge in [0.25, 0.3) is 0 Å². The van der Waals surface area contributed by atoms with Crippen molar-refractivity contribution in [2.45, 2.75) is 6.92 Å². The molecule has 3 rings (SSSR count). The van der Waals surface area contributed by atoms with Gasteiger partial charge in [0.15, 0.2) is 12.1 Å². The summed E-state index contributed by atoms with van der Waals surface area (Å²) in [6, 6.07) is 10.9. The molecule has 0 atom stereocenters. The predicted molar refractivity (Wildman–Crippen MR) is 93.8 cm³/mol. The maximum Gasteiger partial charge on any atom is 0.222 e. The monoisotopic (exact) mass is 323 g/mol. The minimum absolute atomic E-state index is 0.134. The Bertz CT molecular complexity index is 911. The molecule has 0 radical (unpaired) electrons. The molecule has 5 N–H and O–H groups in total. The molecule has 0 unspecified atom stereocenters. The number of anilines is 2. The number of carbonyl (C=O) groups is 1. The van der Waals surface area contributed by atoms with Crippen LogP contribution in [0.2, 0.25) is 0 Å². The fraction of sp³-hybridized carbons (Fsp3) is 0.118. The predicted octanol–water partition coefficient (Wildman–Crippen LogP) is 2.38. The van der Waals surface area contributed by atoms with Gasteiger partial charge in [-0.1, -0.05) is 6.07 Å². The van der Waals surface area contributed by atoms with Gasteiger partial charge in [-0.2, -0.15) is 4.98 Å². The number of hydrazine groups is 1. The Balaban J connectivity index is 2.20. The van der Waals surface area contributed by atoms with Crippen molar-refractivity contribution in [2.75, 3.05) is 17.8 Å². The smallest absolute Gasteiger partial charge is 0.222 e. The summed E-state index contributed by atoms with van der Waals surface area (Å²) in [4.78, 5) is 19.7. The number of carbonyl (C=O) groups excluding carboxylic acids is 1. The van der Waals surface area contributed by atoms with E-state index >= 15 is 0 Å². The average molecular weight is 323 g/mol. The lowest BCUT2D eigenvalue weighted by Gasteiger charge is -2.11. The Kier molecular flexibility index (Phi) is 4.26. The lowest BCUT2D eigenvalue weighted by Crippen LogP contribution is -2.11. The van der Waals surface area contributed by atoms with E-state index in [9.17, 15) is 4.79 Å². The van der Waals surface area contributed by atoms with Gasteiger partial charge in [0, 0.05) is 10.9 Å². The van der Waals surface area contributed by atoms with E-state index in [1.165, 1.54) is 0 Å². The molecule has 24 heavy (non-hydrogen) atoms. The highest BCUT2D eigenvalue weighted by atomic mass is 16.5. The molecule has 0 bridgehead atoms. The van der Waals surface area contributed by atoms with Gasteiger partial charge in [-0.05, 0) is 48.4 Å². The molecule has 1 aromatic heterocycles. The third kappa shape index (κ3) is 2.84. The number of nitrogens with zero attached hydrogens (tertiary/aromatic N) is 2. The number of benzene rings is 2. The van der Waals surface area contributed by atoms with E-state index in [0.29, 0.717) is 34.6 Å². The largest absolute Gasteiger partial charge is 0.494 e. The zero-order chi connectivity index (χ0) is 17.1. The van der Waals surface area contributed by atoms with Crippen LogP contribution in [0, 0.1) is 0 Å². The number of fused-ring (bicyclic) bond motifs is 1. The first kappa shape index (κ1) is 15.7. The highest BCUT2D eigenvalue weighted by Gasteiger charge is 2.11. The first-order chi connectivity index (χ1) is 11.7. The van der Waals surface area contributed by atoms with E-state index in [1.54, 1.807) is 12.1 Å². The van der Waals surface area contributed by atoms with Gasteiger partial charge >= 0.3 is 0 Å². The van der Waals surface area contributed by atoms with Crippen molar-refractivity contribution < 1.29 is 9.53 Å². The number of nitrogens with two attached hydrogens (primary N) is 2. The Morgan fingerprint density at radius 2 is 2.04 bits per heavy atom. The number of nitrogen functional groups attached to an aromatic ring is 2. The van der Waals surface area contributed by atoms with Gasteiger partial charge in [-0.25, -0.2) is 10.8 Å². The Morgan fingerprint density at radius 3 is 2.75 bits per heavy atom. The lowest BCUT2D eigenvalue weighted by molar-refractivity contribution is 0.112. The van der Waals surface area contributed by atoms with E-state index in [4.69, 9.17) is 16.3 Å². The van der Waals surface area contributed by atoms with E-state index in [0.717, 1.165) is 17.4 Å². The highest BCUT2D eigenvalue weighted by molar-refractivity contribution is 5.96. The molecule has 0 fully saturated rings. The number of hydrogen-bond donors (Lipinski definition) is 3. The number of aromatic nitrogens is 2. The third-order valence-electron chi connectivity index (χ3n) is 3.62. The highest BCUT2D eigenvalue weighted by Crippen LogP contribution is 2.31. The summed E-state index contributed by atoms with van der Waals surface area (Å²) in [6.45, 7) is 2.45. The van der Waals surface area contributed by atoms with Gasteiger partial charge in [0.05, 0.1) is 12.1 Å². The van der Waals surface area contributed by atoms with Crippen LogP contribution in [0.5, 0.6) is 5.75 Å². The first-order valence-corrected chi connectivity index (χ1v) is 7.42. The van der Waals surface area contributed by atoms with E-state index in [1.807, 2.05) is 31.2 Å². The second-order valence-corrected chi connectivity index (χ2v) is 5.11. The molecule has 0 aliphatic carbocycles. The SMILES string of the molecule is CCOc1ccc(C=O)c(-c2ccc3nc(N)nc(NN)c3c2)c1. The molecule has 0 spiro atoms. The van der Waals surface area contributed by atoms with Crippen LogP contribution >= 0.6 is 0 Å². The number of nitrogens with one attached hydrogen (secondary N) is 1. The Morgan fingerprint density at radius 1 is 1.21 bits per heavy atom. The van der Waals surface area contributed by atoms with Crippen molar-refractivity contribution in [3.05, 3.63) is 42.0 Å². The minimum atomic E-state index is 0.134. The van der Waals surface area contributed by atoms with Crippen LogP contribution in [-0.2, 0) is 0 Å². The molecule has 0 saturated carbocycles. The van der Waals surface area contributed by atoms with E-state index in [-0.39, 0.29) is 5.95 Å². The maximum absolute atomic E-state index is 11.4. The van der Waals surface area contributed by atoms with Gasteiger partial charge in [0.1, 0.15) is 5.75 Å². The molecular weight excluding hydrogens is 306 g/mol. The van der Waals surface area contributed by atoms with Crippen LogP contribution in [0.4, 0.5) is 11.8 Å². The quantitative estimate of drug-likeness (QED) is 0.375. The number of hydrogen-bond acceptors (Lipinski definition) is 7. The molecule has 2 aromatic carbocycles. The van der Waals surface area contributed by atoms with Gasteiger partial charge in [-0.15, -0.1) is 0 Å². The van der Waals surface area contributed by atoms with Crippen LogP contribution < -0.4 is 21.7 Å². The topological polar surface area (TPSA) is 116 Å². The molecule has 122 valence electrons. The van der Waals surface area contributed by atoms with Crippen molar-refractivity contribution in [3.8, 4) is 16.9 Å². The normalized spacial score (nSPS) is 10.6. The van der Waals surface area contributed by atoms with Crippen molar-refractivity contribution in [3.63, 3.8) is 0 Å². The summed E-state index contributed by atoms with van der Waals surface area (Å²) in [5.74, 6) is 6.78. The zero-order valence-corrected chi connectivity index (χ0v) is 13.1. The van der Waals surface area contributed by atoms with Crippen molar-refractivity contribution in [2.24, 2.45) is 5.84 Å². The fourth-order valence-corrected chi connectivity index (χ4v) is 2.57. The second-order valence-electron chi connectivity index (χ2n) is 5.11. The van der Waals surface area contributed by atoms with E-state index in [2.05, 4.69) is 15.4 Å². The summed E-state index contributed by atoms with van der Waals surface area (Å²) in [5, 5.41) is 0.711. The van der Waals surface area contributed by atoms with Crippen molar-refractivity contribution >= 4 is 29.0 Å². The molecule has 0 amide bonds. The fourth-order valence-electron chi connectivity index (χ4n) is 2.57. The van der Waals surface area contributed by atoms with Crippen LogP contribution in [0.1, 0.15) is 17.3 Å². The molecule has 0 saturated heterocycles. The third-order valence-corrected chi connectivity index (χ3v) is 3.62. The van der Waals surface area contributed by atoms with Gasteiger partial charge in [-0.3, -0.25) is 4.79 Å². The van der Waals surface area contributed by atoms with E-state index < -0.39 is 0 Å². The summed E-state index contributed by atoms with van der Waals surface area (Å²) >= 11 is 0. The van der Waals surface area contributed by atoms with Crippen LogP contribution in [0.3, 0.4) is 0 Å². The van der Waals surface area contributed by atoms with Gasteiger partial charge in [0.2, 0.25) is 5.95 Å². The number of ether oxygens (including phenoxy) is 1. The Hall–Kier alpha value is -3.19. The van der Waals surface area contributed by atoms with Crippen molar-refractivity contribution in [1.29, 1.82) is 0 Å². The average Bonchev–Trinajstić information content (AvgIpc) is 2.60. The molecule has 3 aromatic rings. The van der Waals surface area contributed by atoms with Crippen LogP contribution in [-0.4, -0.2) is 22.9 Å². The maximum atomic E-state index is 11.4. The minimum Gasteiger partial charge on any atom is -0.494 e. The van der Waals surface area contributed by atoms with Crippen molar-refractivity contribution in [1.82, 2.24) is 9.97 Å². The van der Waals surface area contributed by atoms with Crippen LogP contribution in [0.25, 0.3) is 22.0 Å². The van der Waals surface area contributed by atoms with Gasteiger partial charge < -0.3 is 15.9 Å². The molecule has 0 aliphatic rings. The molecule has 7 nitrogen and oxygen atoms in total. The first-order valence-electron chi connectivity index (χ1n) is 7.42. The standard InChI is InChI=1S/C17H17N5O2/c1-2-24-12-5-3-11(9-23)13(8-12)10-4-6-15-14(7-10)16(22-19)21-17(18)20-15/h3-9H,2,19H2,1H3,(H3,18,20,21,22). The number of aldehydes is 1. The molecule has 0 aliphatic heterocycles.